The second-order valence-corrected chi connectivity index (χ2v) is 23.2. The average molecular weight is 941 g/mol. The van der Waals surface area contributed by atoms with Gasteiger partial charge in [-0.2, -0.15) is 0 Å². The highest BCUT2D eigenvalue weighted by atomic mass is 16.8. The van der Waals surface area contributed by atoms with E-state index in [1.807, 2.05) is 6.92 Å². The summed E-state index contributed by atoms with van der Waals surface area (Å²) < 4.78 is 36.2. The van der Waals surface area contributed by atoms with Crippen molar-refractivity contribution < 1.29 is 89.4 Å². The zero-order valence-electron chi connectivity index (χ0n) is 39.5. The first kappa shape index (κ1) is 50.7. The van der Waals surface area contributed by atoms with Gasteiger partial charge < -0.3 is 84.6 Å². The van der Waals surface area contributed by atoms with Crippen molar-refractivity contribution >= 4 is 5.97 Å². The standard InChI is InChI=1S/C48H76O18/c1-21-29(52)31(54)35(58)40(61-21)65-37-32(55)30(53)24(19-49)62-41(37)66-38-34(57)33(56)36(39(59)60)64-42(38)63-28-12-13-45(5)25(46(28,6)20-50)11-14-48(8)26(45)10-9-22-23-17-43(2,3)18-27(51)44(23,4)15-16-47(22,48)7/h9-10,21,24-38,40-42,49-58H,11-20H2,1-8H3,(H,59,60)/t21-,24+,25?,26?,27?,28-,29-,30-,31+,32-,33-,34-,35+,36-,37+,38+,40-,41-,42+,44+,45-,46+,47+,48+/m0/s1. The van der Waals surface area contributed by atoms with E-state index in [0.717, 1.165) is 38.5 Å². The van der Waals surface area contributed by atoms with Gasteiger partial charge >= 0.3 is 5.97 Å². The number of aliphatic carboxylic acids is 1. The number of hydrogen-bond acceptors (Lipinski definition) is 17. The minimum absolute atomic E-state index is 0.0344. The number of fused-ring (bicyclic) bond motifs is 6. The van der Waals surface area contributed by atoms with Crippen LogP contribution < -0.4 is 0 Å². The van der Waals surface area contributed by atoms with Gasteiger partial charge in [0.2, 0.25) is 0 Å². The maximum absolute atomic E-state index is 12.5. The van der Waals surface area contributed by atoms with E-state index in [4.69, 9.17) is 28.4 Å². The fourth-order valence-corrected chi connectivity index (χ4v) is 14.4. The Hall–Kier alpha value is -1.69. The van der Waals surface area contributed by atoms with Crippen LogP contribution in [0.3, 0.4) is 0 Å². The Bertz CT molecular complexity index is 1880. The monoisotopic (exact) mass is 941 g/mol. The molecule has 8 rings (SSSR count). The Kier molecular flexibility index (Phi) is 13.5. The van der Waals surface area contributed by atoms with Crippen molar-refractivity contribution in [1.82, 2.24) is 0 Å². The van der Waals surface area contributed by atoms with Crippen molar-refractivity contribution in [3.05, 3.63) is 23.3 Å². The van der Waals surface area contributed by atoms with Gasteiger partial charge in [0.15, 0.2) is 25.0 Å². The smallest absolute Gasteiger partial charge is 0.335 e. The lowest BCUT2D eigenvalue weighted by Crippen LogP contribution is -2.68. The van der Waals surface area contributed by atoms with E-state index in [1.165, 1.54) is 18.1 Å². The third kappa shape index (κ3) is 7.71. The molecule has 3 aliphatic heterocycles. The predicted octanol–water partition coefficient (Wildman–Crippen LogP) is 0.625. The molecule has 3 saturated heterocycles. The van der Waals surface area contributed by atoms with Crippen molar-refractivity contribution in [1.29, 1.82) is 0 Å². The van der Waals surface area contributed by atoms with E-state index in [9.17, 15) is 61.0 Å². The zero-order valence-corrected chi connectivity index (χ0v) is 39.5. The second-order valence-electron chi connectivity index (χ2n) is 23.2. The summed E-state index contributed by atoms with van der Waals surface area (Å²) in [5.74, 6) is -1.62. The highest BCUT2D eigenvalue weighted by Gasteiger charge is 2.68. The summed E-state index contributed by atoms with van der Waals surface area (Å²) >= 11 is 0. The molecule has 0 radical (unpaired) electrons. The van der Waals surface area contributed by atoms with Crippen LogP contribution in [0.4, 0.5) is 0 Å². The molecule has 6 fully saturated rings. The third-order valence-corrected chi connectivity index (χ3v) is 18.9. The largest absolute Gasteiger partial charge is 0.479 e. The minimum Gasteiger partial charge on any atom is -0.479 e. The molecule has 0 bridgehead atoms. The summed E-state index contributed by atoms with van der Waals surface area (Å²) in [6.45, 7) is 16.0. The summed E-state index contributed by atoms with van der Waals surface area (Å²) in [6.07, 6.45) is -16.7. The number of rotatable bonds is 9. The van der Waals surface area contributed by atoms with Crippen LogP contribution in [-0.2, 0) is 33.2 Å². The van der Waals surface area contributed by atoms with Crippen molar-refractivity contribution in [3.63, 3.8) is 0 Å². The van der Waals surface area contributed by atoms with Gasteiger partial charge in [-0.1, -0.05) is 66.2 Å². The first-order chi connectivity index (χ1) is 30.7. The number of aliphatic hydroxyl groups excluding tert-OH is 10. The number of allylic oxidation sites excluding steroid dienone is 3. The van der Waals surface area contributed by atoms with Crippen LogP contribution >= 0.6 is 0 Å². The summed E-state index contributed by atoms with van der Waals surface area (Å²) in [4.78, 5) is 12.5. The highest BCUT2D eigenvalue weighted by molar-refractivity contribution is 5.73. The van der Waals surface area contributed by atoms with Gasteiger partial charge in [-0.25, -0.2) is 4.79 Å². The average Bonchev–Trinajstić information content (AvgIpc) is 3.25. The topological polar surface area (TPSA) is 295 Å². The Balaban J connectivity index is 1.09. The normalized spacial score (nSPS) is 54.7. The summed E-state index contributed by atoms with van der Waals surface area (Å²) in [6, 6.07) is 0. The Morgan fingerprint density at radius 1 is 0.712 bits per heavy atom. The van der Waals surface area contributed by atoms with Crippen molar-refractivity contribution in [3.8, 4) is 0 Å². The molecule has 8 aliphatic rings. The molecule has 3 heterocycles. The number of aliphatic hydroxyl groups is 10. The predicted molar refractivity (Wildman–Crippen MR) is 231 cm³/mol. The molecule has 376 valence electrons. The maximum atomic E-state index is 12.5. The van der Waals surface area contributed by atoms with Crippen LogP contribution in [0.5, 0.6) is 0 Å². The zero-order chi connectivity index (χ0) is 48.4. The van der Waals surface area contributed by atoms with E-state index in [-0.39, 0.29) is 45.5 Å². The van der Waals surface area contributed by atoms with E-state index >= 15 is 0 Å². The molecule has 18 nitrogen and oxygen atoms in total. The van der Waals surface area contributed by atoms with Gasteiger partial charge in [-0.15, -0.1) is 0 Å². The molecule has 18 heteroatoms. The Morgan fingerprint density at radius 3 is 1.98 bits per heavy atom. The fourth-order valence-electron chi connectivity index (χ4n) is 14.4. The SMILES string of the molecule is C[C@@H]1O[C@@H](O[C@H]2[C@H](O[C@H]3[C@H](O[C@H]4CC[C@@]5(C)C(CC[C@]6(C)C5C=CC5=C7CC(C)(C)CC(O)[C@]7(C)CC[C@]56C)[C@@]4(C)CO)O[C@H](C(=O)O)[C@@H](O)[C@@H]3O)O[C@H](CO)[C@H](O)[C@@H]2O)[C@H](O)[C@H](O)[C@H]1O. The molecule has 11 N–H and O–H groups in total. The van der Waals surface area contributed by atoms with Gasteiger partial charge in [0.1, 0.15) is 61.0 Å². The van der Waals surface area contributed by atoms with Crippen LogP contribution in [0, 0.1) is 44.3 Å². The van der Waals surface area contributed by atoms with Gasteiger partial charge in [0.05, 0.1) is 31.5 Å². The van der Waals surface area contributed by atoms with Crippen LogP contribution in [0.25, 0.3) is 0 Å². The molecule has 0 aromatic rings. The first-order valence-electron chi connectivity index (χ1n) is 24.0. The molecule has 3 unspecified atom stereocenters. The summed E-state index contributed by atoms with van der Waals surface area (Å²) in [5.41, 5.74) is 0.792. The second kappa shape index (κ2) is 17.6. The van der Waals surface area contributed by atoms with E-state index in [2.05, 4.69) is 53.7 Å². The Morgan fingerprint density at radius 2 is 1.35 bits per heavy atom. The van der Waals surface area contributed by atoms with Crippen molar-refractivity contribution in [2.75, 3.05) is 13.2 Å². The van der Waals surface area contributed by atoms with E-state index in [1.54, 1.807) is 0 Å². The molecule has 0 spiro atoms. The van der Waals surface area contributed by atoms with Crippen LogP contribution in [0.15, 0.2) is 23.3 Å². The molecule has 24 atom stereocenters. The third-order valence-electron chi connectivity index (χ3n) is 18.9. The minimum atomic E-state index is -2.07. The Labute approximate surface area is 386 Å². The first-order valence-corrected chi connectivity index (χ1v) is 24.0. The fraction of sp³-hybridized carbons (Fsp3) is 0.896. The maximum Gasteiger partial charge on any atom is 0.335 e. The number of hydrogen-bond donors (Lipinski definition) is 11. The van der Waals surface area contributed by atoms with E-state index < -0.39 is 122 Å². The molecule has 0 aromatic heterocycles. The molecule has 5 aliphatic carbocycles. The van der Waals surface area contributed by atoms with Gasteiger partial charge in [0.25, 0.3) is 0 Å². The number of carboxylic acids is 1. The lowest BCUT2D eigenvalue weighted by atomic mass is 9.35. The summed E-state index contributed by atoms with van der Waals surface area (Å²) in [7, 11) is 0. The summed E-state index contributed by atoms with van der Waals surface area (Å²) in [5, 5.41) is 120. The molecule has 66 heavy (non-hydrogen) atoms. The van der Waals surface area contributed by atoms with Gasteiger partial charge in [0, 0.05) is 10.8 Å². The van der Waals surface area contributed by atoms with Gasteiger partial charge in [-0.3, -0.25) is 0 Å². The van der Waals surface area contributed by atoms with E-state index in [0.29, 0.717) is 12.8 Å². The number of carbonyl (C=O) groups is 1. The quantitative estimate of drug-likeness (QED) is 0.141. The molecular weight excluding hydrogens is 865 g/mol. The van der Waals surface area contributed by atoms with Crippen LogP contribution in [-0.4, -0.2) is 180 Å². The number of carboxylic acid groups (broad SMARTS) is 1. The molecule has 3 saturated carbocycles. The number of ether oxygens (including phenoxy) is 6. The highest BCUT2D eigenvalue weighted by Crippen LogP contribution is 2.74. The lowest BCUT2D eigenvalue weighted by molar-refractivity contribution is -0.396. The van der Waals surface area contributed by atoms with Crippen LogP contribution in [0.2, 0.25) is 0 Å². The van der Waals surface area contributed by atoms with Gasteiger partial charge in [-0.05, 0) is 97.4 Å². The van der Waals surface area contributed by atoms with Crippen LogP contribution in [0.1, 0.15) is 107 Å². The molecule has 0 aromatic carbocycles. The lowest BCUT2D eigenvalue weighted by Gasteiger charge is -2.70. The van der Waals surface area contributed by atoms with Crippen molar-refractivity contribution in [2.45, 2.75) is 211 Å². The molecular formula is C48H76O18. The van der Waals surface area contributed by atoms with Crippen molar-refractivity contribution in [2.24, 2.45) is 44.3 Å². The molecule has 0 amide bonds.